The second kappa shape index (κ2) is 5.75. The molecule has 104 valence electrons. The fourth-order valence-electron chi connectivity index (χ4n) is 2.15. The highest BCUT2D eigenvalue weighted by molar-refractivity contribution is 5.62. The number of nitrogens with one attached hydrogen (secondary N) is 1. The molecule has 0 radical (unpaired) electrons. The minimum atomic E-state index is 0.623. The third kappa shape index (κ3) is 3.26. The fraction of sp³-hybridized carbons (Fsp3) is 0.111. The highest BCUT2D eigenvalue weighted by Gasteiger charge is 2.04. The standard InChI is InChI=1S/C18H17N3/c1-13-8-10-16(11-9-13)20-18-19-14(2)12-17(21-18)15-6-4-3-5-7-15/h3-12H,1-2H3,(H,19,20,21). The first kappa shape index (κ1) is 13.3. The number of nitrogens with zero attached hydrogens (tertiary/aromatic N) is 2. The molecule has 0 aliphatic heterocycles. The first-order valence-corrected chi connectivity index (χ1v) is 6.95. The van der Waals surface area contributed by atoms with E-state index in [1.165, 1.54) is 5.56 Å². The van der Waals surface area contributed by atoms with Crippen molar-refractivity contribution in [3.63, 3.8) is 0 Å². The molecular formula is C18H17N3. The van der Waals surface area contributed by atoms with Gasteiger partial charge in [0.2, 0.25) is 5.95 Å². The van der Waals surface area contributed by atoms with Crippen molar-refractivity contribution in [2.75, 3.05) is 5.32 Å². The summed E-state index contributed by atoms with van der Waals surface area (Å²) in [6.07, 6.45) is 0. The van der Waals surface area contributed by atoms with Crippen LogP contribution in [0.3, 0.4) is 0 Å². The van der Waals surface area contributed by atoms with Gasteiger partial charge in [-0.05, 0) is 32.0 Å². The zero-order chi connectivity index (χ0) is 14.7. The van der Waals surface area contributed by atoms with E-state index < -0.39 is 0 Å². The van der Waals surface area contributed by atoms with Crippen molar-refractivity contribution < 1.29 is 0 Å². The van der Waals surface area contributed by atoms with E-state index in [2.05, 4.69) is 46.5 Å². The predicted octanol–water partition coefficient (Wildman–Crippen LogP) is 4.50. The first-order chi connectivity index (χ1) is 10.2. The highest BCUT2D eigenvalue weighted by Crippen LogP contribution is 2.20. The molecule has 1 N–H and O–H groups in total. The first-order valence-electron chi connectivity index (χ1n) is 6.95. The maximum absolute atomic E-state index is 4.60. The van der Waals surface area contributed by atoms with Gasteiger partial charge in [0, 0.05) is 16.9 Å². The average Bonchev–Trinajstić information content (AvgIpc) is 2.50. The lowest BCUT2D eigenvalue weighted by Crippen LogP contribution is -2.00. The largest absolute Gasteiger partial charge is 0.324 e. The number of aryl methyl sites for hydroxylation is 2. The Bertz CT molecular complexity index is 734. The Morgan fingerprint density at radius 3 is 2.24 bits per heavy atom. The molecule has 0 unspecified atom stereocenters. The summed E-state index contributed by atoms with van der Waals surface area (Å²) in [5.74, 6) is 0.623. The monoisotopic (exact) mass is 275 g/mol. The molecular weight excluding hydrogens is 258 g/mol. The number of aromatic nitrogens is 2. The van der Waals surface area contributed by atoms with Crippen LogP contribution >= 0.6 is 0 Å². The summed E-state index contributed by atoms with van der Waals surface area (Å²) in [5, 5.41) is 3.26. The van der Waals surface area contributed by atoms with Gasteiger partial charge in [0.15, 0.2) is 0 Å². The van der Waals surface area contributed by atoms with Crippen LogP contribution in [0.15, 0.2) is 60.7 Å². The molecule has 0 fully saturated rings. The molecule has 3 aromatic rings. The number of benzene rings is 2. The van der Waals surface area contributed by atoms with E-state index in [0.717, 1.165) is 22.6 Å². The molecule has 0 saturated carbocycles. The molecule has 1 aromatic heterocycles. The van der Waals surface area contributed by atoms with Crippen molar-refractivity contribution in [3.8, 4) is 11.3 Å². The van der Waals surface area contributed by atoms with Crippen molar-refractivity contribution in [1.82, 2.24) is 9.97 Å². The van der Waals surface area contributed by atoms with E-state index >= 15 is 0 Å². The summed E-state index contributed by atoms with van der Waals surface area (Å²) in [7, 11) is 0. The van der Waals surface area contributed by atoms with Crippen molar-refractivity contribution in [2.45, 2.75) is 13.8 Å². The Morgan fingerprint density at radius 2 is 1.52 bits per heavy atom. The lowest BCUT2D eigenvalue weighted by Gasteiger charge is -2.08. The summed E-state index contributed by atoms with van der Waals surface area (Å²) in [6.45, 7) is 4.05. The Balaban J connectivity index is 1.93. The minimum Gasteiger partial charge on any atom is -0.324 e. The summed E-state index contributed by atoms with van der Waals surface area (Å²) in [5.41, 5.74) is 5.19. The van der Waals surface area contributed by atoms with Gasteiger partial charge in [-0.25, -0.2) is 9.97 Å². The molecule has 0 aliphatic carbocycles. The molecule has 21 heavy (non-hydrogen) atoms. The van der Waals surface area contributed by atoms with E-state index in [1.807, 2.05) is 43.3 Å². The maximum Gasteiger partial charge on any atom is 0.227 e. The summed E-state index contributed by atoms with van der Waals surface area (Å²) < 4.78 is 0. The molecule has 0 amide bonds. The molecule has 0 aliphatic rings. The van der Waals surface area contributed by atoms with Crippen LogP contribution in [0.5, 0.6) is 0 Å². The number of anilines is 2. The third-order valence-electron chi connectivity index (χ3n) is 3.23. The summed E-state index contributed by atoms with van der Waals surface area (Å²) >= 11 is 0. The van der Waals surface area contributed by atoms with Gasteiger partial charge in [-0.15, -0.1) is 0 Å². The predicted molar refractivity (Wildman–Crippen MR) is 86.7 cm³/mol. The van der Waals surface area contributed by atoms with Crippen LogP contribution < -0.4 is 5.32 Å². The number of rotatable bonds is 3. The van der Waals surface area contributed by atoms with Gasteiger partial charge in [-0.1, -0.05) is 48.0 Å². The maximum atomic E-state index is 4.60. The van der Waals surface area contributed by atoms with Crippen LogP contribution in [0, 0.1) is 13.8 Å². The van der Waals surface area contributed by atoms with Gasteiger partial charge in [0.05, 0.1) is 5.69 Å². The van der Waals surface area contributed by atoms with Crippen LogP contribution in [0.4, 0.5) is 11.6 Å². The molecule has 0 bridgehead atoms. The molecule has 3 nitrogen and oxygen atoms in total. The SMILES string of the molecule is Cc1ccc(Nc2nc(C)cc(-c3ccccc3)n2)cc1. The smallest absolute Gasteiger partial charge is 0.227 e. The Morgan fingerprint density at radius 1 is 0.810 bits per heavy atom. The second-order valence-corrected chi connectivity index (χ2v) is 5.08. The lowest BCUT2D eigenvalue weighted by molar-refractivity contribution is 1.11. The van der Waals surface area contributed by atoms with Crippen molar-refractivity contribution in [1.29, 1.82) is 0 Å². The molecule has 3 rings (SSSR count). The minimum absolute atomic E-state index is 0.623. The summed E-state index contributed by atoms with van der Waals surface area (Å²) in [6, 6.07) is 20.3. The van der Waals surface area contributed by atoms with Gasteiger partial charge in [-0.2, -0.15) is 0 Å². The summed E-state index contributed by atoms with van der Waals surface area (Å²) in [4.78, 5) is 9.05. The number of hydrogen-bond acceptors (Lipinski definition) is 3. The van der Waals surface area contributed by atoms with Crippen LogP contribution in [0.2, 0.25) is 0 Å². The van der Waals surface area contributed by atoms with Gasteiger partial charge in [0.25, 0.3) is 0 Å². The van der Waals surface area contributed by atoms with Crippen LogP contribution in [-0.2, 0) is 0 Å². The molecule has 3 heteroatoms. The van der Waals surface area contributed by atoms with Gasteiger partial charge in [-0.3, -0.25) is 0 Å². The highest BCUT2D eigenvalue weighted by atomic mass is 15.1. The average molecular weight is 275 g/mol. The van der Waals surface area contributed by atoms with Gasteiger partial charge < -0.3 is 5.32 Å². The fourth-order valence-corrected chi connectivity index (χ4v) is 2.15. The van der Waals surface area contributed by atoms with Crippen LogP contribution in [-0.4, -0.2) is 9.97 Å². The van der Waals surface area contributed by atoms with Crippen molar-refractivity contribution >= 4 is 11.6 Å². The van der Waals surface area contributed by atoms with E-state index in [4.69, 9.17) is 0 Å². The zero-order valence-electron chi connectivity index (χ0n) is 12.2. The normalized spacial score (nSPS) is 10.4. The molecule has 1 heterocycles. The third-order valence-corrected chi connectivity index (χ3v) is 3.23. The van der Waals surface area contributed by atoms with Crippen molar-refractivity contribution in [2.24, 2.45) is 0 Å². The van der Waals surface area contributed by atoms with E-state index in [-0.39, 0.29) is 0 Å². The number of hydrogen-bond donors (Lipinski definition) is 1. The van der Waals surface area contributed by atoms with E-state index in [1.54, 1.807) is 0 Å². The van der Waals surface area contributed by atoms with Crippen molar-refractivity contribution in [3.05, 3.63) is 71.9 Å². The molecule has 0 spiro atoms. The zero-order valence-corrected chi connectivity index (χ0v) is 12.2. The quantitative estimate of drug-likeness (QED) is 0.764. The Hall–Kier alpha value is -2.68. The molecule has 2 aromatic carbocycles. The lowest BCUT2D eigenvalue weighted by atomic mass is 10.1. The second-order valence-electron chi connectivity index (χ2n) is 5.08. The molecule has 0 saturated heterocycles. The van der Waals surface area contributed by atoms with E-state index in [9.17, 15) is 0 Å². The Kier molecular flexibility index (Phi) is 3.65. The van der Waals surface area contributed by atoms with Crippen LogP contribution in [0.1, 0.15) is 11.3 Å². The van der Waals surface area contributed by atoms with Crippen LogP contribution in [0.25, 0.3) is 11.3 Å². The van der Waals surface area contributed by atoms with Gasteiger partial charge >= 0.3 is 0 Å². The Labute approximate surface area is 124 Å². The topological polar surface area (TPSA) is 37.8 Å². The van der Waals surface area contributed by atoms with Gasteiger partial charge in [0.1, 0.15) is 0 Å². The van der Waals surface area contributed by atoms with E-state index in [0.29, 0.717) is 5.95 Å². The molecule has 0 atom stereocenters.